The largest absolute Gasteiger partial charge is 0.0856 e. The molecule has 0 bridgehead atoms. The molecule has 26 heavy (non-hydrogen) atoms. The van der Waals surface area contributed by atoms with Gasteiger partial charge in [0, 0.05) is 0 Å². The van der Waals surface area contributed by atoms with Crippen LogP contribution in [0.4, 0.5) is 0 Å². The molecular formula is C26H52. The topological polar surface area (TPSA) is 0 Å². The van der Waals surface area contributed by atoms with Crippen LogP contribution in [0, 0.1) is 29.6 Å². The molecule has 0 fully saturated rings. The van der Waals surface area contributed by atoms with Crippen LogP contribution in [0.15, 0.2) is 11.6 Å². The van der Waals surface area contributed by atoms with Gasteiger partial charge in [-0.1, -0.05) is 117 Å². The van der Waals surface area contributed by atoms with Crippen LogP contribution < -0.4 is 0 Å². The van der Waals surface area contributed by atoms with Gasteiger partial charge in [0.15, 0.2) is 0 Å². The third-order valence-electron chi connectivity index (χ3n) is 6.81. The van der Waals surface area contributed by atoms with Crippen LogP contribution in [-0.2, 0) is 0 Å². The molecule has 0 nitrogen and oxygen atoms in total. The van der Waals surface area contributed by atoms with Gasteiger partial charge in [-0.05, 0) is 49.9 Å². The average Bonchev–Trinajstić information content (AvgIpc) is 2.62. The first-order chi connectivity index (χ1) is 12.3. The van der Waals surface area contributed by atoms with Gasteiger partial charge in [-0.25, -0.2) is 0 Å². The molecule has 0 aliphatic rings. The fourth-order valence-corrected chi connectivity index (χ4v) is 4.10. The van der Waals surface area contributed by atoms with E-state index >= 15 is 0 Å². The van der Waals surface area contributed by atoms with Crippen molar-refractivity contribution < 1.29 is 0 Å². The van der Waals surface area contributed by atoms with Crippen molar-refractivity contribution in [3.8, 4) is 0 Å². The normalized spacial score (nSPS) is 17.4. The van der Waals surface area contributed by atoms with Gasteiger partial charge < -0.3 is 0 Å². The number of hydrogen-bond acceptors (Lipinski definition) is 0. The predicted molar refractivity (Wildman–Crippen MR) is 122 cm³/mol. The molecule has 156 valence electrons. The highest BCUT2D eigenvalue weighted by molar-refractivity contribution is 4.94. The standard InChI is InChI=1S/C26H52/c1-9-11-13-22(5)16-19-26(14-12-10-2)20-18-24(7)25(8)23(6)17-15-21(3)4/h15,22-26H,9-14,16-20H2,1-8H3. The molecule has 0 rings (SSSR count). The molecule has 0 aliphatic carbocycles. The van der Waals surface area contributed by atoms with Gasteiger partial charge in [0.1, 0.15) is 0 Å². The van der Waals surface area contributed by atoms with Gasteiger partial charge in [-0.15, -0.1) is 0 Å². The zero-order chi connectivity index (χ0) is 19.9. The minimum atomic E-state index is 0.808. The van der Waals surface area contributed by atoms with E-state index in [-0.39, 0.29) is 0 Å². The smallest absolute Gasteiger partial charge is 0.0320 e. The Morgan fingerprint density at radius 3 is 1.85 bits per heavy atom. The maximum Gasteiger partial charge on any atom is -0.0320 e. The highest BCUT2D eigenvalue weighted by Crippen LogP contribution is 2.31. The maximum atomic E-state index is 2.50. The Labute approximate surface area is 167 Å². The van der Waals surface area contributed by atoms with Crippen LogP contribution in [0.2, 0.25) is 0 Å². The summed E-state index contributed by atoms with van der Waals surface area (Å²) in [6, 6.07) is 0. The minimum Gasteiger partial charge on any atom is -0.0856 e. The molecule has 0 amide bonds. The summed E-state index contributed by atoms with van der Waals surface area (Å²) < 4.78 is 0. The van der Waals surface area contributed by atoms with Crippen molar-refractivity contribution in [1.82, 2.24) is 0 Å². The zero-order valence-corrected chi connectivity index (χ0v) is 19.7. The van der Waals surface area contributed by atoms with Crippen LogP contribution in [0.3, 0.4) is 0 Å². The van der Waals surface area contributed by atoms with E-state index in [2.05, 4.69) is 61.5 Å². The lowest BCUT2D eigenvalue weighted by Gasteiger charge is -2.27. The van der Waals surface area contributed by atoms with E-state index in [1.165, 1.54) is 76.2 Å². The van der Waals surface area contributed by atoms with Crippen molar-refractivity contribution in [1.29, 1.82) is 0 Å². The van der Waals surface area contributed by atoms with E-state index < -0.39 is 0 Å². The van der Waals surface area contributed by atoms with Gasteiger partial charge >= 0.3 is 0 Å². The second-order valence-corrected chi connectivity index (χ2v) is 9.74. The van der Waals surface area contributed by atoms with Crippen LogP contribution in [0.25, 0.3) is 0 Å². The molecule has 0 heteroatoms. The lowest BCUT2D eigenvalue weighted by Crippen LogP contribution is -2.17. The summed E-state index contributed by atoms with van der Waals surface area (Å²) >= 11 is 0. The van der Waals surface area contributed by atoms with E-state index in [1.54, 1.807) is 0 Å². The summed E-state index contributed by atoms with van der Waals surface area (Å²) in [5, 5.41) is 0. The first-order valence-electron chi connectivity index (χ1n) is 11.9. The van der Waals surface area contributed by atoms with Gasteiger partial charge in [0.05, 0.1) is 0 Å². The Kier molecular flexibility index (Phi) is 15.6. The third-order valence-corrected chi connectivity index (χ3v) is 6.81. The summed E-state index contributed by atoms with van der Waals surface area (Å²) in [4.78, 5) is 0. The number of allylic oxidation sites excluding steroid dienone is 2. The second kappa shape index (κ2) is 15.8. The number of rotatable bonds is 16. The molecule has 5 unspecified atom stereocenters. The van der Waals surface area contributed by atoms with E-state index in [9.17, 15) is 0 Å². The zero-order valence-electron chi connectivity index (χ0n) is 19.7. The number of hydrogen-bond donors (Lipinski definition) is 0. The van der Waals surface area contributed by atoms with Crippen LogP contribution in [0.5, 0.6) is 0 Å². The molecule has 0 N–H and O–H groups in total. The van der Waals surface area contributed by atoms with Crippen LogP contribution in [-0.4, -0.2) is 0 Å². The van der Waals surface area contributed by atoms with E-state index in [4.69, 9.17) is 0 Å². The summed E-state index contributed by atoms with van der Waals surface area (Å²) in [6.07, 6.45) is 17.9. The van der Waals surface area contributed by atoms with Gasteiger partial charge in [0.25, 0.3) is 0 Å². The monoisotopic (exact) mass is 364 g/mol. The maximum absolute atomic E-state index is 2.50. The van der Waals surface area contributed by atoms with Crippen LogP contribution in [0.1, 0.15) is 126 Å². The summed E-state index contributed by atoms with van der Waals surface area (Å²) in [7, 11) is 0. The van der Waals surface area contributed by atoms with Gasteiger partial charge in [0.2, 0.25) is 0 Å². The van der Waals surface area contributed by atoms with Gasteiger partial charge in [-0.3, -0.25) is 0 Å². The Bertz CT molecular complexity index is 336. The van der Waals surface area contributed by atoms with Crippen molar-refractivity contribution in [2.24, 2.45) is 29.6 Å². The van der Waals surface area contributed by atoms with Crippen molar-refractivity contribution >= 4 is 0 Å². The molecule has 0 aromatic carbocycles. The van der Waals surface area contributed by atoms with Crippen molar-refractivity contribution in [3.05, 3.63) is 11.6 Å². The molecule has 0 aliphatic heterocycles. The van der Waals surface area contributed by atoms with Crippen molar-refractivity contribution in [3.63, 3.8) is 0 Å². The fourth-order valence-electron chi connectivity index (χ4n) is 4.10. The molecule has 0 spiro atoms. The van der Waals surface area contributed by atoms with E-state index in [0.29, 0.717) is 0 Å². The lowest BCUT2D eigenvalue weighted by atomic mass is 9.78. The quantitative estimate of drug-likeness (QED) is 0.239. The third kappa shape index (κ3) is 13.0. The summed E-state index contributed by atoms with van der Waals surface area (Å²) in [5.41, 5.74) is 1.47. The molecule has 0 aromatic rings. The SMILES string of the molecule is CCCCC(C)CCC(CCCC)CCC(C)C(C)C(C)CC=C(C)C. The van der Waals surface area contributed by atoms with Gasteiger partial charge in [-0.2, -0.15) is 0 Å². The van der Waals surface area contributed by atoms with Crippen LogP contribution >= 0.6 is 0 Å². The highest BCUT2D eigenvalue weighted by Gasteiger charge is 2.20. The second-order valence-electron chi connectivity index (χ2n) is 9.74. The Hall–Kier alpha value is -0.260. The summed E-state index contributed by atoms with van der Waals surface area (Å²) in [6.45, 7) is 19.0. The molecule has 0 saturated heterocycles. The molecule has 5 atom stereocenters. The predicted octanol–water partition coefficient (Wildman–Crippen LogP) is 9.44. The molecular weight excluding hydrogens is 312 g/mol. The molecule has 0 aromatic heterocycles. The first-order valence-corrected chi connectivity index (χ1v) is 11.9. The molecule has 0 radical (unpaired) electrons. The average molecular weight is 365 g/mol. The fraction of sp³-hybridized carbons (Fsp3) is 0.923. The summed E-state index contributed by atoms with van der Waals surface area (Å²) in [5.74, 6) is 4.41. The van der Waals surface area contributed by atoms with Crippen molar-refractivity contribution in [2.45, 2.75) is 126 Å². The number of unbranched alkanes of at least 4 members (excludes halogenated alkanes) is 2. The molecule has 0 saturated carbocycles. The van der Waals surface area contributed by atoms with E-state index in [1.807, 2.05) is 0 Å². The lowest BCUT2D eigenvalue weighted by molar-refractivity contribution is 0.240. The highest BCUT2D eigenvalue weighted by atomic mass is 14.3. The Morgan fingerprint density at radius 2 is 1.27 bits per heavy atom. The Morgan fingerprint density at radius 1 is 0.692 bits per heavy atom. The Balaban J connectivity index is 4.36. The van der Waals surface area contributed by atoms with Crippen molar-refractivity contribution in [2.75, 3.05) is 0 Å². The first kappa shape index (κ1) is 25.7. The molecule has 0 heterocycles. The van der Waals surface area contributed by atoms with E-state index in [0.717, 1.165) is 29.6 Å². The minimum absolute atomic E-state index is 0.808.